The van der Waals surface area contributed by atoms with Crippen LogP contribution in [0.2, 0.25) is 5.02 Å². The Morgan fingerprint density at radius 1 is 0.926 bits per heavy atom. The summed E-state index contributed by atoms with van der Waals surface area (Å²) in [6.45, 7) is 0. The van der Waals surface area contributed by atoms with Crippen molar-refractivity contribution >= 4 is 34.2 Å². The van der Waals surface area contributed by atoms with E-state index in [-0.39, 0.29) is 18.7 Å². The van der Waals surface area contributed by atoms with Crippen molar-refractivity contribution in [2.75, 3.05) is 0 Å². The van der Waals surface area contributed by atoms with Gasteiger partial charge in [-0.15, -0.1) is 0 Å². The highest BCUT2D eigenvalue weighted by atomic mass is 35.5. The van der Waals surface area contributed by atoms with E-state index in [2.05, 4.69) is 5.32 Å². The first kappa shape index (κ1) is 18.9. The molecular weight excluding hydrogens is 362 g/mol. The van der Waals surface area contributed by atoms with Gasteiger partial charge in [-0.2, -0.15) is 0 Å². The van der Waals surface area contributed by atoms with Gasteiger partial charge in [0.1, 0.15) is 0 Å². The zero-order valence-electron chi connectivity index (χ0n) is 14.7. The van der Waals surface area contributed by atoms with E-state index >= 15 is 0 Å². The van der Waals surface area contributed by atoms with E-state index in [9.17, 15) is 14.7 Å². The Morgan fingerprint density at radius 2 is 1.70 bits per heavy atom. The smallest absolute Gasteiger partial charge is 0.305 e. The summed E-state index contributed by atoms with van der Waals surface area (Å²) in [4.78, 5) is 23.6. The zero-order chi connectivity index (χ0) is 19.2. The fourth-order valence-corrected chi connectivity index (χ4v) is 3.36. The first-order valence-corrected chi connectivity index (χ1v) is 9.10. The molecular formula is C22H20ClNO3. The van der Waals surface area contributed by atoms with Crippen molar-refractivity contribution in [3.63, 3.8) is 0 Å². The first-order valence-electron chi connectivity index (χ1n) is 8.73. The van der Waals surface area contributed by atoms with Crippen LogP contribution in [-0.2, 0) is 22.4 Å². The molecule has 2 N–H and O–H groups in total. The van der Waals surface area contributed by atoms with E-state index in [0.717, 1.165) is 21.9 Å². The van der Waals surface area contributed by atoms with Gasteiger partial charge in [-0.3, -0.25) is 9.59 Å². The molecule has 4 nitrogen and oxygen atoms in total. The van der Waals surface area contributed by atoms with E-state index in [0.29, 0.717) is 11.4 Å². The lowest BCUT2D eigenvalue weighted by atomic mass is 9.99. The van der Waals surface area contributed by atoms with Gasteiger partial charge in [0.25, 0.3) is 0 Å². The minimum absolute atomic E-state index is 0.131. The summed E-state index contributed by atoms with van der Waals surface area (Å²) in [7, 11) is 0. The third-order valence-corrected chi connectivity index (χ3v) is 4.57. The Morgan fingerprint density at radius 3 is 2.44 bits per heavy atom. The maximum absolute atomic E-state index is 12.4. The Labute approximate surface area is 162 Å². The van der Waals surface area contributed by atoms with E-state index in [1.807, 2.05) is 48.5 Å². The van der Waals surface area contributed by atoms with Gasteiger partial charge in [0.2, 0.25) is 5.91 Å². The lowest BCUT2D eigenvalue weighted by Gasteiger charge is -2.17. The molecule has 1 atom stereocenters. The summed E-state index contributed by atoms with van der Waals surface area (Å²) in [5.74, 6) is -1.16. The van der Waals surface area contributed by atoms with Crippen molar-refractivity contribution in [1.29, 1.82) is 0 Å². The van der Waals surface area contributed by atoms with Gasteiger partial charge in [-0.25, -0.2) is 0 Å². The van der Waals surface area contributed by atoms with Crippen LogP contribution in [0, 0.1) is 0 Å². The fourth-order valence-electron chi connectivity index (χ4n) is 3.15. The molecule has 3 aromatic carbocycles. The van der Waals surface area contributed by atoms with Crippen molar-refractivity contribution in [3.05, 3.63) is 82.9 Å². The number of carboxylic acid groups (broad SMARTS) is 1. The van der Waals surface area contributed by atoms with Crippen LogP contribution in [0.4, 0.5) is 0 Å². The zero-order valence-corrected chi connectivity index (χ0v) is 15.4. The summed E-state index contributed by atoms with van der Waals surface area (Å²) in [6.07, 6.45) is 0.487. The predicted molar refractivity (Wildman–Crippen MR) is 107 cm³/mol. The lowest BCUT2D eigenvalue weighted by molar-refractivity contribution is -0.137. The van der Waals surface area contributed by atoms with Crippen LogP contribution in [0.15, 0.2) is 66.7 Å². The van der Waals surface area contributed by atoms with Gasteiger partial charge in [0, 0.05) is 11.1 Å². The standard InChI is InChI=1S/C22H20ClNO3/c23-19-7-3-4-15(11-19)13-21(25)24-20(14-22(26)27)12-16-8-9-17-5-1-2-6-18(17)10-16/h1-11,20H,12-14H2,(H,24,25)(H,26,27)/t20-/m1/s1. The Hall–Kier alpha value is -2.85. The number of carbonyl (C=O) groups excluding carboxylic acids is 1. The maximum atomic E-state index is 12.4. The van der Waals surface area contributed by atoms with Gasteiger partial charge >= 0.3 is 5.97 Å². The number of hydrogen-bond donors (Lipinski definition) is 2. The van der Waals surface area contributed by atoms with Crippen LogP contribution in [0.25, 0.3) is 10.8 Å². The molecule has 138 valence electrons. The second kappa shape index (κ2) is 8.69. The highest BCUT2D eigenvalue weighted by Crippen LogP contribution is 2.17. The summed E-state index contributed by atoms with van der Waals surface area (Å²) >= 11 is 5.95. The van der Waals surface area contributed by atoms with Crippen LogP contribution in [0.3, 0.4) is 0 Å². The first-order chi connectivity index (χ1) is 13.0. The molecule has 0 aromatic heterocycles. The lowest BCUT2D eigenvalue weighted by Crippen LogP contribution is -2.38. The van der Waals surface area contributed by atoms with Gasteiger partial charge in [0.05, 0.1) is 12.8 Å². The molecule has 3 aromatic rings. The van der Waals surface area contributed by atoms with Gasteiger partial charge in [0.15, 0.2) is 0 Å². The molecule has 0 radical (unpaired) electrons. The number of amides is 1. The fraction of sp³-hybridized carbons (Fsp3) is 0.182. The van der Waals surface area contributed by atoms with E-state index in [1.54, 1.807) is 18.2 Å². The second-order valence-electron chi connectivity index (χ2n) is 6.55. The van der Waals surface area contributed by atoms with E-state index in [1.165, 1.54) is 0 Å². The monoisotopic (exact) mass is 381 g/mol. The molecule has 0 aliphatic heterocycles. The van der Waals surface area contributed by atoms with Gasteiger partial charge in [-0.1, -0.05) is 66.2 Å². The molecule has 0 spiro atoms. The topological polar surface area (TPSA) is 66.4 Å². The third kappa shape index (κ3) is 5.56. The molecule has 0 fully saturated rings. The number of rotatable bonds is 7. The SMILES string of the molecule is O=C(O)C[C@@H](Cc1ccc2ccccc2c1)NC(=O)Cc1cccc(Cl)c1. The molecule has 27 heavy (non-hydrogen) atoms. The van der Waals surface area contributed by atoms with Crippen LogP contribution in [0.1, 0.15) is 17.5 Å². The van der Waals surface area contributed by atoms with Crippen LogP contribution in [-0.4, -0.2) is 23.0 Å². The van der Waals surface area contributed by atoms with Crippen molar-refractivity contribution in [1.82, 2.24) is 5.32 Å². The van der Waals surface area contributed by atoms with E-state index < -0.39 is 12.0 Å². The third-order valence-electron chi connectivity index (χ3n) is 4.34. The number of aliphatic carboxylic acids is 1. The number of halogens is 1. The normalized spacial score (nSPS) is 11.9. The molecule has 0 heterocycles. The number of hydrogen-bond acceptors (Lipinski definition) is 2. The highest BCUT2D eigenvalue weighted by molar-refractivity contribution is 6.30. The Bertz CT molecular complexity index is 970. The number of fused-ring (bicyclic) bond motifs is 1. The summed E-state index contributed by atoms with van der Waals surface area (Å²) in [6, 6.07) is 20.6. The average molecular weight is 382 g/mol. The molecule has 0 aliphatic carbocycles. The summed E-state index contributed by atoms with van der Waals surface area (Å²) in [5, 5.41) is 14.8. The van der Waals surface area contributed by atoms with Crippen molar-refractivity contribution < 1.29 is 14.7 Å². The molecule has 0 unspecified atom stereocenters. The minimum Gasteiger partial charge on any atom is -0.481 e. The van der Waals surface area contributed by atoms with E-state index in [4.69, 9.17) is 11.6 Å². The predicted octanol–water partition coefficient (Wildman–Crippen LogP) is 4.24. The minimum atomic E-state index is -0.941. The molecule has 1 amide bonds. The quantitative estimate of drug-likeness (QED) is 0.643. The van der Waals surface area contributed by atoms with Crippen molar-refractivity contribution in [2.45, 2.75) is 25.3 Å². The average Bonchev–Trinajstić information content (AvgIpc) is 2.61. The van der Waals surface area contributed by atoms with Crippen molar-refractivity contribution in [3.8, 4) is 0 Å². The van der Waals surface area contributed by atoms with Gasteiger partial charge in [-0.05, 0) is 40.5 Å². The summed E-state index contributed by atoms with van der Waals surface area (Å²) in [5.41, 5.74) is 1.78. The second-order valence-corrected chi connectivity index (χ2v) is 6.99. The number of benzene rings is 3. The Kier molecular flexibility index (Phi) is 6.09. The Balaban J connectivity index is 1.70. The molecule has 3 rings (SSSR count). The number of nitrogens with one attached hydrogen (secondary N) is 1. The number of carboxylic acids is 1. The van der Waals surface area contributed by atoms with Gasteiger partial charge < -0.3 is 10.4 Å². The van der Waals surface area contributed by atoms with Crippen LogP contribution >= 0.6 is 11.6 Å². The van der Waals surface area contributed by atoms with Crippen molar-refractivity contribution in [2.24, 2.45) is 0 Å². The number of carbonyl (C=O) groups is 2. The molecule has 5 heteroatoms. The highest BCUT2D eigenvalue weighted by Gasteiger charge is 2.17. The molecule has 0 saturated heterocycles. The molecule has 0 bridgehead atoms. The molecule has 0 saturated carbocycles. The largest absolute Gasteiger partial charge is 0.481 e. The van der Waals surface area contributed by atoms with Crippen LogP contribution < -0.4 is 5.32 Å². The summed E-state index contributed by atoms with van der Waals surface area (Å²) < 4.78 is 0. The maximum Gasteiger partial charge on any atom is 0.305 e. The van der Waals surface area contributed by atoms with Crippen LogP contribution in [0.5, 0.6) is 0 Å². The molecule has 0 aliphatic rings.